The first-order valence-electron chi connectivity index (χ1n) is 7.09. The van der Waals surface area contributed by atoms with Crippen LogP contribution < -0.4 is 16.0 Å². The lowest BCUT2D eigenvalue weighted by atomic mass is 10.1. The highest BCUT2D eigenvalue weighted by Crippen LogP contribution is 2.13. The van der Waals surface area contributed by atoms with Crippen molar-refractivity contribution < 1.29 is 9.53 Å². The quantitative estimate of drug-likeness (QED) is 0.757. The van der Waals surface area contributed by atoms with Crippen LogP contribution in [0.25, 0.3) is 0 Å². The molecule has 2 unspecified atom stereocenters. The largest absolute Gasteiger partial charge is 0.383 e. The first-order chi connectivity index (χ1) is 9.69. The van der Waals surface area contributed by atoms with Gasteiger partial charge in [0.1, 0.15) is 0 Å². The summed E-state index contributed by atoms with van der Waals surface area (Å²) >= 11 is 0. The fourth-order valence-corrected chi connectivity index (χ4v) is 2.40. The highest BCUT2D eigenvalue weighted by molar-refractivity contribution is 5.94. The van der Waals surface area contributed by atoms with E-state index in [0.29, 0.717) is 17.6 Å². The maximum atomic E-state index is 11.5. The molecule has 0 spiro atoms. The van der Waals surface area contributed by atoms with Gasteiger partial charge in [-0.25, -0.2) is 0 Å². The number of carbonyl (C=O) groups is 1. The summed E-state index contributed by atoms with van der Waals surface area (Å²) in [5, 5.41) is 9.51. The van der Waals surface area contributed by atoms with Crippen LogP contribution in [0.2, 0.25) is 0 Å². The van der Waals surface area contributed by atoms with Gasteiger partial charge in [-0.2, -0.15) is 0 Å². The number of nitrogens with one attached hydrogen (secondary N) is 3. The monoisotopic (exact) mass is 277 g/mol. The minimum Gasteiger partial charge on any atom is -0.383 e. The van der Waals surface area contributed by atoms with E-state index in [9.17, 15) is 4.79 Å². The molecule has 5 nitrogen and oxygen atoms in total. The molecule has 1 aromatic carbocycles. The second-order valence-electron chi connectivity index (χ2n) is 5.16. The summed E-state index contributed by atoms with van der Waals surface area (Å²) in [7, 11) is 1.63. The number of ether oxygens (including phenoxy) is 1. The maximum Gasteiger partial charge on any atom is 0.251 e. The minimum atomic E-state index is -0.0619. The smallest absolute Gasteiger partial charge is 0.251 e. The fraction of sp³-hybridized carbons (Fsp3) is 0.533. The van der Waals surface area contributed by atoms with Crippen molar-refractivity contribution in [1.82, 2.24) is 10.6 Å². The standard InChI is InChI=1S/C15H23N3O2/c1-11(9-14-10-20-8-7-17-14)18-13-5-3-12(4-6-13)15(19)16-2/h3-6,11,14,17-18H,7-10H2,1-2H3,(H,16,19). The van der Waals surface area contributed by atoms with Crippen LogP contribution in [0.15, 0.2) is 24.3 Å². The molecule has 0 bridgehead atoms. The lowest BCUT2D eigenvalue weighted by Gasteiger charge is -2.27. The molecule has 2 rings (SSSR count). The molecular formula is C15H23N3O2. The first-order valence-corrected chi connectivity index (χ1v) is 7.09. The SMILES string of the molecule is CNC(=O)c1ccc(NC(C)CC2COCCN2)cc1. The first kappa shape index (κ1) is 14.8. The Morgan fingerprint density at radius 1 is 1.45 bits per heavy atom. The van der Waals surface area contributed by atoms with Gasteiger partial charge in [0.15, 0.2) is 0 Å². The Morgan fingerprint density at radius 2 is 2.20 bits per heavy atom. The van der Waals surface area contributed by atoms with Crippen LogP contribution in [-0.2, 0) is 4.74 Å². The topological polar surface area (TPSA) is 62.4 Å². The van der Waals surface area contributed by atoms with Crippen molar-refractivity contribution in [3.63, 3.8) is 0 Å². The van der Waals surface area contributed by atoms with E-state index in [1.165, 1.54) is 0 Å². The zero-order chi connectivity index (χ0) is 14.4. The van der Waals surface area contributed by atoms with Crippen molar-refractivity contribution in [2.24, 2.45) is 0 Å². The zero-order valence-electron chi connectivity index (χ0n) is 12.1. The van der Waals surface area contributed by atoms with Gasteiger partial charge in [-0.05, 0) is 37.6 Å². The van der Waals surface area contributed by atoms with E-state index in [0.717, 1.165) is 31.9 Å². The van der Waals surface area contributed by atoms with Gasteiger partial charge in [0.25, 0.3) is 5.91 Å². The summed E-state index contributed by atoms with van der Waals surface area (Å²) in [5.74, 6) is -0.0619. The number of benzene rings is 1. The Balaban J connectivity index is 1.84. The maximum absolute atomic E-state index is 11.5. The summed E-state index contributed by atoms with van der Waals surface area (Å²) in [4.78, 5) is 11.5. The van der Waals surface area contributed by atoms with Gasteiger partial charge in [0.05, 0.1) is 13.2 Å². The molecule has 0 saturated carbocycles. The van der Waals surface area contributed by atoms with Crippen LogP contribution in [0.4, 0.5) is 5.69 Å². The third-order valence-electron chi connectivity index (χ3n) is 3.42. The molecule has 0 radical (unpaired) electrons. The van der Waals surface area contributed by atoms with Crippen LogP contribution in [0, 0.1) is 0 Å². The van der Waals surface area contributed by atoms with Gasteiger partial charge in [-0.1, -0.05) is 0 Å². The molecule has 1 aliphatic rings. The molecule has 20 heavy (non-hydrogen) atoms. The van der Waals surface area contributed by atoms with Crippen LogP contribution in [-0.4, -0.2) is 44.8 Å². The molecule has 5 heteroatoms. The second kappa shape index (κ2) is 7.26. The van der Waals surface area contributed by atoms with Gasteiger partial charge in [-0.3, -0.25) is 4.79 Å². The highest BCUT2D eigenvalue weighted by atomic mass is 16.5. The summed E-state index contributed by atoms with van der Waals surface area (Å²) in [6, 6.07) is 8.29. The van der Waals surface area contributed by atoms with Crippen LogP contribution in [0.5, 0.6) is 0 Å². The molecule has 1 heterocycles. The number of amides is 1. The summed E-state index contributed by atoms with van der Waals surface area (Å²) < 4.78 is 5.45. The Hall–Kier alpha value is -1.59. The molecule has 110 valence electrons. The predicted molar refractivity (Wildman–Crippen MR) is 80.1 cm³/mol. The van der Waals surface area contributed by atoms with E-state index in [1.54, 1.807) is 7.05 Å². The van der Waals surface area contributed by atoms with E-state index in [4.69, 9.17) is 4.74 Å². The summed E-state index contributed by atoms with van der Waals surface area (Å²) in [6.07, 6.45) is 1.01. The van der Waals surface area contributed by atoms with Crippen molar-refractivity contribution >= 4 is 11.6 Å². The average Bonchev–Trinajstić information content (AvgIpc) is 2.48. The molecule has 0 aromatic heterocycles. The van der Waals surface area contributed by atoms with Crippen LogP contribution >= 0.6 is 0 Å². The number of carbonyl (C=O) groups excluding carboxylic acids is 1. The van der Waals surface area contributed by atoms with Crippen LogP contribution in [0.3, 0.4) is 0 Å². The average molecular weight is 277 g/mol. The summed E-state index contributed by atoms with van der Waals surface area (Å²) in [5.41, 5.74) is 1.70. The molecular weight excluding hydrogens is 254 g/mol. The summed E-state index contributed by atoms with van der Waals surface area (Å²) in [6.45, 7) is 4.67. The van der Waals surface area contributed by atoms with E-state index < -0.39 is 0 Å². The van der Waals surface area contributed by atoms with Gasteiger partial charge < -0.3 is 20.7 Å². The minimum absolute atomic E-state index is 0.0619. The Kier molecular flexibility index (Phi) is 5.38. The lowest BCUT2D eigenvalue weighted by Crippen LogP contribution is -2.43. The Morgan fingerprint density at radius 3 is 2.80 bits per heavy atom. The third-order valence-corrected chi connectivity index (χ3v) is 3.42. The van der Waals surface area contributed by atoms with E-state index in [1.807, 2.05) is 24.3 Å². The van der Waals surface area contributed by atoms with E-state index >= 15 is 0 Å². The number of anilines is 1. The molecule has 1 fully saturated rings. The molecule has 1 aromatic rings. The number of hydrogen-bond donors (Lipinski definition) is 3. The predicted octanol–water partition coefficient (Wildman–Crippen LogP) is 1.23. The Bertz CT molecular complexity index is 427. The van der Waals surface area contributed by atoms with Crippen molar-refractivity contribution in [3.8, 4) is 0 Å². The molecule has 0 aliphatic carbocycles. The van der Waals surface area contributed by atoms with Crippen molar-refractivity contribution in [3.05, 3.63) is 29.8 Å². The normalized spacial score (nSPS) is 20.2. The number of hydrogen-bond acceptors (Lipinski definition) is 4. The van der Waals surface area contributed by atoms with Gasteiger partial charge in [-0.15, -0.1) is 0 Å². The van der Waals surface area contributed by atoms with Gasteiger partial charge in [0, 0.05) is 36.9 Å². The molecule has 2 atom stereocenters. The molecule has 3 N–H and O–H groups in total. The third kappa shape index (κ3) is 4.21. The lowest BCUT2D eigenvalue weighted by molar-refractivity contribution is 0.0731. The highest BCUT2D eigenvalue weighted by Gasteiger charge is 2.16. The van der Waals surface area contributed by atoms with Crippen molar-refractivity contribution in [1.29, 1.82) is 0 Å². The second-order valence-corrected chi connectivity index (χ2v) is 5.16. The van der Waals surface area contributed by atoms with Gasteiger partial charge >= 0.3 is 0 Å². The van der Waals surface area contributed by atoms with Crippen LogP contribution in [0.1, 0.15) is 23.7 Å². The molecule has 1 aliphatic heterocycles. The Labute approximate surface area is 120 Å². The fourth-order valence-electron chi connectivity index (χ4n) is 2.40. The number of rotatable bonds is 5. The van der Waals surface area contributed by atoms with Gasteiger partial charge in [0.2, 0.25) is 0 Å². The molecule has 1 saturated heterocycles. The molecule has 1 amide bonds. The van der Waals surface area contributed by atoms with E-state index in [2.05, 4.69) is 22.9 Å². The van der Waals surface area contributed by atoms with E-state index in [-0.39, 0.29) is 5.91 Å². The van der Waals surface area contributed by atoms with Crippen molar-refractivity contribution in [2.45, 2.75) is 25.4 Å². The van der Waals surface area contributed by atoms with Crippen molar-refractivity contribution in [2.75, 3.05) is 32.1 Å². The zero-order valence-corrected chi connectivity index (χ0v) is 12.1. The number of morpholine rings is 1.